The lowest BCUT2D eigenvalue weighted by Crippen LogP contribution is -2.36. The maximum atomic E-state index is 12.0. The molecular weight excluding hydrogens is 300 g/mol. The van der Waals surface area contributed by atoms with Gasteiger partial charge in [0.05, 0.1) is 19.7 Å². The number of rotatable bonds is 6. The van der Waals surface area contributed by atoms with Gasteiger partial charge >= 0.3 is 0 Å². The number of amides is 1. The van der Waals surface area contributed by atoms with Crippen molar-refractivity contribution in [2.24, 2.45) is 0 Å². The third kappa shape index (κ3) is 3.57. The molecule has 0 atom stereocenters. The molecule has 1 aromatic carbocycles. The molecule has 0 radical (unpaired) electrons. The van der Waals surface area contributed by atoms with Crippen molar-refractivity contribution in [1.82, 2.24) is 10.3 Å². The molecule has 0 aliphatic carbocycles. The summed E-state index contributed by atoms with van der Waals surface area (Å²) in [7, 11) is 3.22. The molecule has 1 aromatic heterocycles. The zero-order valence-electron chi connectivity index (χ0n) is 13.2. The Hall–Kier alpha value is -2.08. The summed E-state index contributed by atoms with van der Waals surface area (Å²) < 4.78 is 10.6. The van der Waals surface area contributed by atoms with Crippen LogP contribution in [0.4, 0.5) is 0 Å². The second-order valence-corrected chi connectivity index (χ2v) is 6.23. The largest absolute Gasteiger partial charge is 0.493 e. The van der Waals surface area contributed by atoms with Crippen molar-refractivity contribution in [2.75, 3.05) is 20.8 Å². The predicted octanol–water partition coefficient (Wildman–Crippen LogP) is 2.87. The highest BCUT2D eigenvalue weighted by Crippen LogP contribution is 2.32. The van der Waals surface area contributed by atoms with Gasteiger partial charge in [0.15, 0.2) is 11.5 Å². The number of carbonyl (C=O) groups is 1. The van der Waals surface area contributed by atoms with Crippen LogP contribution in [0.2, 0.25) is 0 Å². The molecule has 0 spiro atoms. The normalized spacial score (nSPS) is 11.1. The van der Waals surface area contributed by atoms with Crippen LogP contribution in [0.3, 0.4) is 0 Å². The molecule has 6 heteroatoms. The number of methoxy groups -OCH3 is 2. The molecule has 0 saturated carbocycles. The summed E-state index contributed by atoms with van der Waals surface area (Å²) in [5.41, 5.74) is 2.91. The molecule has 0 saturated heterocycles. The summed E-state index contributed by atoms with van der Waals surface area (Å²) in [6, 6.07) is 5.79. The molecular formula is C16H20N2O3S. The number of carbonyl (C=O) groups excluding carboxylic acids is 1. The third-order valence-corrected chi connectivity index (χ3v) is 4.11. The molecule has 1 amide bonds. The van der Waals surface area contributed by atoms with E-state index in [1.165, 1.54) is 11.3 Å². The molecule has 2 rings (SSSR count). The van der Waals surface area contributed by atoms with E-state index in [0.717, 1.165) is 5.56 Å². The highest BCUT2D eigenvalue weighted by atomic mass is 32.1. The lowest BCUT2D eigenvalue weighted by atomic mass is 9.84. The Morgan fingerprint density at radius 3 is 2.59 bits per heavy atom. The van der Waals surface area contributed by atoms with E-state index >= 15 is 0 Å². The molecule has 0 aliphatic rings. The topological polar surface area (TPSA) is 60.5 Å². The van der Waals surface area contributed by atoms with Gasteiger partial charge in [-0.2, -0.15) is 0 Å². The number of aromatic nitrogens is 1. The fraction of sp³-hybridized carbons (Fsp3) is 0.375. The van der Waals surface area contributed by atoms with E-state index in [9.17, 15) is 4.79 Å². The third-order valence-electron chi connectivity index (χ3n) is 3.52. The van der Waals surface area contributed by atoms with Crippen LogP contribution >= 0.6 is 11.3 Å². The number of thiazole rings is 1. The van der Waals surface area contributed by atoms with Crippen molar-refractivity contribution in [3.63, 3.8) is 0 Å². The molecule has 22 heavy (non-hydrogen) atoms. The number of nitrogens with one attached hydrogen (secondary N) is 1. The Morgan fingerprint density at radius 2 is 2.00 bits per heavy atom. The molecule has 1 heterocycles. The Kier molecular flexibility index (Phi) is 5.03. The molecule has 0 bridgehead atoms. The van der Waals surface area contributed by atoms with Gasteiger partial charge in [-0.05, 0) is 17.7 Å². The van der Waals surface area contributed by atoms with E-state index in [2.05, 4.69) is 24.1 Å². The first-order valence-corrected chi connectivity index (χ1v) is 7.81. The highest BCUT2D eigenvalue weighted by molar-refractivity contribution is 7.07. The first-order chi connectivity index (χ1) is 10.5. The van der Waals surface area contributed by atoms with Crippen LogP contribution < -0.4 is 14.8 Å². The van der Waals surface area contributed by atoms with Crippen LogP contribution in [0.15, 0.2) is 29.1 Å². The summed E-state index contributed by atoms with van der Waals surface area (Å²) in [5.74, 6) is 1.21. The number of hydrogen-bond donors (Lipinski definition) is 1. The second kappa shape index (κ2) is 6.79. The number of hydrogen-bond acceptors (Lipinski definition) is 5. The number of ether oxygens (including phenoxy) is 2. The Morgan fingerprint density at radius 1 is 1.27 bits per heavy atom. The molecule has 2 aromatic rings. The smallest absolute Gasteiger partial charge is 0.270 e. The maximum Gasteiger partial charge on any atom is 0.270 e. The van der Waals surface area contributed by atoms with E-state index < -0.39 is 0 Å². The van der Waals surface area contributed by atoms with Crippen LogP contribution in [0.5, 0.6) is 11.5 Å². The van der Waals surface area contributed by atoms with Crippen LogP contribution in [-0.4, -0.2) is 31.7 Å². The second-order valence-electron chi connectivity index (χ2n) is 5.51. The van der Waals surface area contributed by atoms with Crippen molar-refractivity contribution in [2.45, 2.75) is 19.3 Å². The Labute approximate surface area is 134 Å². The minimum absolute atomic E-state index is 0.158. The number of nitrogens with zero attached hydrogens (tertiary/aromatic N) is 1. The molecule has 0 aliphatic heterocycles. The van der Waals surface area contributed by atoms with Crippen molar-refractivity contribution in [3.8, 4) is 11.5 Å². The quantitative estimate of drug-likeness (QED) is 0.889. The van der Waals surface area contributed by atoms with Crippen molar-refractivity contribution in [1.29, 1.82) is 0 Å². The zero-order valence-corrected chi connectivity index (χ0v) is 14.0. The van der Waals surface area contributed by atoms with Crippen molar-refractivity contribution < 1.29 is 14.3 Å². The molecule has 118 valence electrons. The monoisotopic (exact) mass is 320 g/mol. The Balaban J connectivity index is 2.11. The van der Waals surface area contributed by atoms with Crippen LogP contribution in [-0.2, 0) is 5.41 Å². The van der Waals surface area contributed by atoms with Crippen LogP contribution in [0.25, 0.3) is 0 Å². The average molecular weight is 320 g/mol. The maximum absolute atomic E-state index is 12.0. The minimum Gasteiger partial charge on any atom is -0.493 e. The summed E-state index contributed by atoms with van der Waals surface area (Å²) >= 11 is 1.40. The number of benzene rings is 1. The van der Waals surface area contributed by atoms with Gasteiger partial charge in [-0.25, -0.2) is 4.98 Å². The first-order valence-electron chi connectivity index (χ1n) is 6.87. The van der Waals surface area contributed by atoms with Gasteiger partial charge in [-0.3, -0.25) is 4.79 Å². The van der Waals surface area contributed by atoms with E-state index in [-0.39, 0.29) is 11.3 Å². The summed E-state index contributed by atoms with van der Waals surface area (Å²) in [4.78, 5) is 16.0. The zero-order chi connectivity index (χ0) is 16.2. The Bertz CT molecular complexity index is 639. The van der Waals surface area contributed by atoms with Gasteiger partial charge in [-0.15, -0.1) is 11.3 Å². The van der Waals surface area contributed by atoms with E-state index in [1.807, 2.05) is 18.2 Å². The van der Waals surface area contributed by atoms with Crippen molar-refractivity contribution in [3.05, 3.63) is 40.3 Å². The predicted molar refractivity (Wildman–Crippen MR) is 87.0 cm³/mol. The summed E-state index contributed by atoms with van der Waals surface area (Å²) in [6.07, 6.45) is 0. The van der Waals surface area contributed by atoms with Gasteiger partial charge in [-0.1, -0.05) is 19.9 Å². The van der Waals surface area contributed by atoms with Gasteiger partial charge < -0.3 is 14.8 Å². The van der Waals surface area contributed by atoms with E-state index in [0.29, 0.717) is 23.7 Å². The fourth-order valence-electron chi connectivity index (χ4n) is 2.08. The van der Waals surface area contributed by atoms with E-state index in [1.54, 1.807) is 25.1 Å². The lowest BCUT2D eigenvalue weighted by molar-refractivity contribution is 0.0941. The molecule has 0 fully saturated rings. The summed E-state index contributed by atoms with van der Waals surface area (Å²) in [6.45, 7) is 4.63. The average Bonchev–Trinajstić information content (AvgIpc) is 3.06. The van der Waals surface area contributed by atoms with Gasteiger partial charge in [0.2, 0.25) is 0 Å². The van der Waals surface area contributed by atoms with Gasteiger partial charge in [0.25, 0.3) is 5.91 Å². The minimum atomic E-state index is -0.245. The summed E-state index contributed by atoms with van der Waals surface area (Å²) in [5, 5.41) is 4.66. The SMILES string of the molecule is COc1ccc(C(C)(C)CNC(=O)c2cscn2)cc1OC. The molecule has 0 unspecified atom stereocenters. The van der Waals surface area contributed by atoms with Crippen molar-refractivity contribution >= 4 is 17.2 Å². The first kappa shape index (κ1) is 16.3. The highest BCUT2D eigenvalue weighted by Gasteiger charge is 2.23. The van der Waals surface area contributed by atoms with Crippen LogP contribution in [0.1, 0.15) is 29.9 Å². The fourth-order valence-corrected chi connectivity index (χ4v) is 2.61. The molecule has 5 nitrogen and oxygen atoms in total. The van der Waals surface area contributed by atoms with Crippen LogP contribution in [0, 0.1) is 0 Å². The van der Waals surface area contributed by atoms with E-state index in [4.69, 9.17) is 9.47 Å². The standard InChI is InChI=1S/C16H20N2O3S/c1-16(2,9-17-15(19)12-8-22-10-18-12)11-5-6-13(20-3)14(7-11)21-4/h5-8,10H,9H2,1-4H3,(H,17,19). The molecule has 1 N–H and O–H groups in total. The van der Waals surface area contributed by atoms with Gasteiger partial charge in [0.1, 0.15) is 5.69 Å². The van der Waals surface area contributed by atoms with Gasteiger partial charge in [0, 0.05) is 17.3 Å². The lowest BCUT2D eigenvalue weighted by Gasteiger charge is -2.26.